The molecular weight excluding hydrogens is 300 g/mol. The van der Waals surface area contributed by atoms with Crippen molar-refractivity contribution in [1.82, 2.24) is 4.98 Å². The van der Waals surface area contributed by atoms with Crippen LogP contribution in [0.4, 0.5) is 5.69 Å². The molecule has 10 nitrogen and oxygen atoms in total. The molecule has 1 unspecified atom stereocenters. The quantitative estimate of drug-likeness (QED) is 0.297. The summed E-state index contributed by atoms with van der Waals surface area (Å²) in [5, 5.41) is 37.4. The molecule has 1 saturated heterocycles. The number of ether oxygens (including phenoxy) is 3. The van der Waals surface area contributed by atoms with Crippen molar-refractivity contribution in [3.05, 3.63) is 28.6 Å². The second-order valence-electron chi connectivity index (χ2n) is 4.39. The SMILES string of the molecule is COCCO[C@H]1C(O)O[C@H](CO)[C@H]1O.O=[N+]([O-])c1cc[nH]c1. The van der Waals surface area contributed by atoms with Crippen LogP contribution < -0.4 is 0 Å². The first-order chi connectivity index (χ1) is 10.5. The molecule has 0 amide bonds. The van der Waals surface area contributed by atoms with E-state index in [-0.39, 0.29) is 18.9 Å². The summed E-state index contributed by atoms with van der Waals surface area (Å²) in [5.74, 6) is 0. The summed E-state index contributed by atoms with van der Waals surface area (Å²) in [7, 11) is 1.53. The molecule has 0 radical (unpaired) electrons. The second kappa shape index (κ2) is 9.46. The van der Waals surface area contributed by atoms with Crippen molar-refractivity contribution >= 4 is 5.69 Å². The van der Waals surface area contributed by atoms with Crippen LogP contribution >= 0.6 is 0 Å². The Balaban J connectivity index is 0.000000255. The summed E-state index contributed by atoms with van der Waals surface area (Å²) in [6, 6.07) is 1.40. The highest BCUT2D eigenvalue weighted by atomic mass is 16.7. The number of H-pyrrole nitrogens is 1. The van der Waals surface area contributed by atoms with Crippen molar-refractivity contribution in [1.29, 1.82) is 0 Å². The first kappa shape index (κ1) is 18.5. The van der Waals surface area contributed by atoms with Gasteiger partial charge in [0.25, 0.3) is 5.69 Å². The van der Waals surface area contributed by atoms with Gasteiger partial charge in [0.15, 0.2) is 6.29 Å². The number of hydrogen-bond acceptors (Lipinski definition) is 8. The Kier molecular flexibility index (Phi) is 7.95. The molecule has 0 saturated carbocycles. The third-order valence-corrected chi connectivity index (χ3v) is 2.88. The summed E-state index contributed by atoms with van der Waals surface area (Å²) in [6.45, 7) is 0.291. The van der Waals surface area contributed by atoms with E-state index in [4.69, 9.17) is 19.3 Å². The molecule has 4 N–H and O–H groups in total. The number of rotatable bonds is 6. The lowest BCUT2D eigenvalue weighted by Crippen LogP contribution is -2.37. The summed E-state index contributed by atoms with van der Waals surface area (Å²) in [4.78, 5) is 12.0. The highest BCUT2D eigenvalue weighted by molar-refractivity contribution is 5.23. The minimum Gasteiger partial charge on any atom is -0.394 e. The molecule has 0 aliphatic carbocycles. The third-order valence-electron chi connectivity index (χ3n) is 2.88. The highest BCUT2D eigenvalue weighted by Gasteiger charge is 2.43. The van der Waals surface area contributed by atoms with Gasteiger partial charge in [-0.15, -0.1) is 0 Å². The Morgan fingerprint density at radius 3 is 2.59 bits per heavy atom. The molecule has 1 aliphatic heterocycles. The molecule has 2 heterocycles. The summed E-state index contributed by atoms with van der Waals surface area (Å²) in [6.07, 6.45) is -0.955. The van der Waals surface area contributed by atoms with Gasteiger partial charge in [-0.05, 0) is 0 Å². The van der Waals surface area contributed by atoms with Gasteiger partial charge in [0, 0.05) is 19.4 Å². The Hall–Kier alpha value is -1.56. The van der Waals surface area contributed by atoms with Crippen LogP contribution in [-0.4, -0.2) is 76.8 Å². The third kappa shape index (κ3) is 5.33. The monoisotopic (exact) mass is 320 g/mol. The fourth-order valence-corrected chi connectivity index (χ4v) is 1.75. The number of methoxy groups -OCH3 is 1. The Labute approximate surface area is 126 Å². The molecule has 1 aromatic heterocycles. The van der Waals surface area contributed by atoms with Crippen molar-refractivity contribution in [2.75, 3.05) is 26.9 Å². The zero-order chi connectivity index (χ0) is 16.5. The summed E-state index contributed by atoms with van der Waals surface area (Å²) < 4.78 is 14.7. The van der Waals surface area contributed by atoms with E-state index in [1.54, 1.807) is 0 Å². The number of nitro groups is 1. The van der Waals surface area contributed by atoms with Crippen LogP contribution in [0.1, 0.15) is 0 Å². The number of nitrogens with zero attached hydrogens (tertiary/aromatic N) is 1. The van der Waals surface area contributed by atoms with Crippen LogP contribution in [0.5, 0.6) is 0 Å². The normalized spacial score (nSPS) is 27.3. The predicted molar refractivity (Wildman–Crippen MR) is 73.0 cm³/mol. The van der Waals surface area contributed by atoms with Gasteiger partial charge in [0.2, 0.25) is 0 Å². The minimum absolute atomic E-state index is 0.102. The number of aliphatic hydroxyl groups is 3. The molecule has 1 aromatic rings. The van der Waals surface area contributed by atoms with Gasteiger partial charge in [-0.1, -0.05) is 0 Å². The van der Waals surface area contributed by atoms with Gasteiger partial charge in [-0.3, -0.25) is 10.1 Å². The number of aliphatic hydroxyl groups excluding tert-OH is 3. The number of aromatic nitrogens is 1. The van der Waals surface area contributed by atoms with Crippen LogP contribution in [0.25, 0.3) is 0 Å². The molecule has 22 heavy (non-hydrogen) atoms. The van der Waals surface area contributed by atoms with Gasteiger partial charge in [0.05, 0.1) is 30.9 Å². The molecule has 1 aliphatic rings. The Morgan fingerprint density at radius 2 is 2.18 bits per heavy atom. The number of hydrogen-bond donors (Lipinski definition) is 4. The molecular formula is C12H20N2O8. The van der Waals surface area contributed by atoms with E-state index in [9.17, 15) is 20.3 Å². The maximum Gasteiger partial charge on any atom is 0.286 e. The molecule has 1 fully saturated rings. The number of aromatic amines is 1. The fourth-order valence-electron chi connectivity index (χ4n) is 1.75. The van der Waals surface area contributed by atoms with Gasteiger partial charge in [-0.25, -0.2) is 0 Å². The largest absolute Gasteiger partial charge is 0.394 e. The maximum atomic E-state index is 9.85. The van der Waals surface area contributed by atoms with Crippen molar-refractivity contribution in [2.24, 2.45) is 0 Å². The van der Waals surface area contributed by atoms with E-state index in [1.807, 2.05) is 0 Å². The zero-order valence-electron chi connectivity index (χ0n) is 12.0. The van der Waals surface area contributed by atoms with E-state index in [0.717, 1.165) is 0 Å². The average molecular weight is 320 g/mol. The fraction of sp³-hybridized carbons (Fsp3) is 0.667. The van der Waals surface area contributed by atoms with Crippen molar-refractivity contribution < 1.29 is 34.5 Å². The maximum absolute atomic E-state index is 9.85. The lowest BCUT2D eigenvalue weighted by atomic mass is 10.1. The lowest BCUT2D eigenvalue weighted by Gasteiger charge is -2.17. The van der Waals surface area contributed by atoms with E-state index >= 15 is 0 Å². The predicted octanol–water partition coefficient (Wildman–Crippen LogP) is -0.989. The summed E-state index contributed by atoms with van der Waals surface area (Å²) >= 11 is 0. The molecule has 126 valence electrons. The van der Waals surface area contributed by atoms with Crippen LogP contribution in [0, 0.1) is 10.1 Å². The summed E-state index contributed by atoms with van der Waals surface area (Å²) in [5.41, 5.74) is 0.102. The average Bonchev–Trinajstić information content (AvgIpc) is 3.11. The standard InChI is InChI=1S/C8H16O6.C4H4N2O2/c1-12-2-3-13-7-6(10)5(4-9)14-8(7)11;7-6(8)4-1-2-5-3-4/h5-11H,2-4H2,1H3;1-3,5H/t5-,6-,7-,8?;/m1./s1. The minimum atomic E-state index is -1.20. The molecule has 0 aromatic carbocycles. The van der Waals surface area contributed by atoms with E-state index < -0.39 is 29.5 Å². The van der Waals surface area contributed by atoms with E-state index in [1.165, 1.54) is 25.6 Å². The van der Waals surface area contributed by atoms with Crippen molar-refractivity contribution in [3.8, 4) is 0 Å². The first-order valence-corrected chi connectivity index (χ1v) is 6.51. The first-order valence-electron chi connectivity index (χ1n) is 6.51. The Morgan fingerprint density at radius 1 is 1.45 bits per heavy atom. The van der Waals surface area contributed by atoms with E-state index in [2.05, 4.69) is 4.98 Å². The van der Waals surface area contributed by atoms with E-state index in [0.29, 0.717) is 6.61 Å². The zero-order valence-corrected chi connectivity index (χ0v) is 12.0. The van der Waals surface area contributed by atoms with Crippen LogP contribution in [-0.2, 0) is 14.2 Å². The van der Waals surface area contributed by atoms with Gasteiger partial charge < -0.3 is 34.5 Å². The second-order valence-corrected chi connectivity index (χ2v) is 4.39. The van der Waals surface area contributed by atoms with Crippen molar-refractivity contribution in [3.63, 3.8) is 0 Å². The molecule has 0 spiro atoms. The smallest absolute Gasteiger partial charge is 0.286 e. The molecule has 10 heteroatoms. The van der Waals surface area contributed by atoms with Crippen LogP contribution in [0.2, 0.25) is 0 Å². The van der Waals surface area contributed by atoms with Crippen LogP contribution in [0.3, 0.4) is 0 Å². The Bertz CT molecular complexity index is 427. The highest BCUT2D eigenvalue weighted by Crippen LogP contribution is 2.21. The van der Waals surface area contributed by atoms with Gasteiger partial charge >= 0.3 is 0 Å². The van der Waals surface area contributed by atoms with Crippen molar-refractivity contribution in [2.45, 2.75) is 24.6 Å². The van der Waals surface area contributed by atoms with Crippen LogP contribution in [0.15, 0.2) is 18.5 Å². The van der Waals surface area contributed by atoms with Gasteiger partial charge in [0.1, 0.15) is 18.3 Å². The molecule has 4 atom stereocenters. The number of nitrogens with one attached hydrogen (secondary N) is 1. The van der Waals surface area contributed by atoms with Gasteiger partial charge in [-0.2, -0.15) is 0 Å². The lowest BCUT2D eigenvalue weighted by molar-refractivity contribution is -0.384. The molecule has 2 rings (SSSR count). The molecule has 0 bridgehead atoms. The topological polar surface area (TPSA) is 147 Å².